The van der Waals surface area contributed by atoms with Gasteiger partial charge in [-0.05, 0) is 53.2 Å². The van der Waals surface area contributed by atoms with Crippen LogP contribution in [0.15, 0.2) is 115 Å². The first-order valence-corrected chi connectivity index (χ1v) is 10.2. The first-order chi connectivity index (χ1) is 14.9. The summed E-state index contributed by atoms with van der Waals surface area (Å²) in [5.41, 5.74) is 5.76. The minimum atomic E-state index is 1.08. The van der Waals surface area contributed by atoms with Crippen LogP contribution in [-0.2, 0) is 0 Å². The topological polar surface area (TPSA) is 17.0 Å². The molecule has 6 rings (SSSR count). The zero-order valence-corrected chi connectivity index (χ0v) is 16.4. The molecule has 30 heavy (non-hydrogen) atoms. The Morgan fingerprint density at radius 3 is 1.97 bits per heavy atom. The Hall–Kier alpha value is -4.04. The number of hydrogen-bond acceptors (Lipinski definition) is 1. The monoisotopic (exact) mass is 384 g/mol. The molecule has 2 nitrogen and oxygen atoms in total. The van der Waals surface area contributed by atoms with E-state index in [1.165, 1.54) is 32.6 Å². The van der Waals surface area contributed by atoms with Crippen molar-refractivity contribution in [3.8, 4) is 5.69 Å². The van der Waals surface area contributed by atoms with E-state index in [1.54, 1.807) is 0 Å². The molecule has 5 aromatic carbocycles. The molecule has 0 atom stereocenters. The summed E-state index contributed by atoms with van der Waals surface area (Å²) in [6.07, 6.45) is 0. The Balaban J connectivity index is 1.74. The highest BCUT2D eigenvalue weighted by molar-refractivity contribution is 6.16. The van der Waals surface area contributed by atoms with E-state index in [1.807, 2.05) is 6.07 Å². The predicted molar refractivity (Wildman–Crippen MR) is 128 cm³/mol. The number of rotatable bonds is 3. The zero-order valence-electron chi connectivity index (χ0n) is 16.4. The Labute approximate surface area is 175 Å². The molecule has 1 aromatic heterocycles. The molecule has 0 saturated heterocycles. The van der Waals surface area contributed by atoms with Crippen LogP contribution in [0.5, 0.6) is 0 Å². The number of nitrogens with zero attached hydrogens (tertiary/aromatic N) is 1. The highest BCUT2D eigenvalue weighted by Gasteiger charge is 2.16. The number of para-hydroxylation sites is 3. The summed E-state index contributed by atoms with van der Waals surface area (Å²) >= 11 is 0. The van der Waals surface area contributed by atoms with Gasteiger partial charge in [0.2, 0.25) is 0 Å². The van der Waals surface area contributed by atoms with Gasteiger partial charge in [-0.2, -0.15) is 0 Å². The van der Waals surface area contributed by atoms with E-state index >= 15 is 0 Å². The SMILES string of the molecule is c1ccc(Nc2cccc3c4cc5ccccc5cc4n(-c4ccccc4)c23)cc1. The van der Waals surface area contributed by atoms with Crippen molar-refractivity contribution in [1.29, 1.82) is 0 Å². The molecule has 1 heterocycles. The van der Waals surface area contributed by atoms with E-state index in [-0.39, 0.29) is 0 Å². The van der Waals surface area contributed by atoms with Gasteiger partial charge in [-0.25, -0.2) is 0 Å². The van der Waals surface area contributed by atoms with Gasteiger partial charge in [0.05, 0.1) is 16.7 Å². The standard InChI is InChI=1S/C28H20N2/c1-3-12-22(13-4-1)29-26-17-9-16-24-25-18-20-10-7-8-11-21(20)19-27(25)30(28(24)26)23-14-5-2-6-15-23/h1-19,29H. The van der Waals surface area contributed by atoms with Crippen LogP contribution in [0.2, 0.25) is 0 Å². The minimum absolute atomic E-state index is 1.08. The minimum Gasteiger partial charge on any atom is -0.354 e. The molecule has 142 valence electrons. The normalized spacial score (nSPS) is 11.3. The molecule has 0 bridgehead atoms. The average Bonchev–Trinajstić information content (AvgIpc) is 3.13. The third kappa shape index (κ3) is 2.66. The number of nitrogens with one attached hydrogen (secondary N) is 1. The summed E-state index contributed by atoms with van der Waals surface area (Å²) < 4.78 is 2.38. The Morgan fingerprint density at radius 1 is 0.533 bits per heavy atom. The summed E-state index contributed by atoms with van der Waals surface area (Å²) in [6.45, 7) is 0. The number of anilines is 2. The lowest BCUT2D eigenvalue weighted by Gasteiger charge is -2.13. The Bertz CT molecular complexity index is 1500. The maximum absolute atomic E-state index is 3.64. The molecule has 0 aliphatic rings. The van der Waals surface area contributed by atoms with E-state index < -0.39 is 0 Å². The molecular weight excluding hydrogens is 364 g/mol. The van der Waals surface area contributed by atoms with Crippen LogP contribution in [0.25, 0.3) is 38.3 Å². The number of aromatic nitrogens is 1. The van der Waals surface area contributed by atoms with Crippen molar-refractivity contribution in [1.82, 2.24) is 4.57 Å². The molecule has 0 saturated carbocycles. The maximum Gasteiger partial charge on any atom is 0.0776 e. The summed E-state index contributed by atoms with van der Waals surface area (Å²) in [5, 5.41) is 8.67. The largest absolute Gasteiger partial charge is 0.354 e. The first kappa shape index (κ1) is 16.9. The molecule has 2 heteroatoms. The van der Waals surface area contributed by atoms with Crippen molar-refractivity contribution in [3.63, 3.8) is 0 Å². The van der Waals surface area contributed by atoms with Gasteiger partial charge in [0.1, 0.15) is 0 Å². The van der Waals surface area contributed by atoms with Gasteiger partial charge in [-0.1, -0.05) is 72.8 Å². The van der Waals surface area contributed by atoms with Crippen LogP contribution in [-0.4, -0.2) is 4.57 Å². The molecule has 0 fully saturated rings. The number of hydrogen-bond donors (Lipinski definition) is 1. The summed E-state index contributed by atoms with van der Waals surface area (Å²) in [4.78, 5) is 0. The van der Waals surface area contributed by atoms with Crippen molar-refractivity contribution in [2.24, 2.45) is 0 Å². The molecule has 0 radical (unpaired) electrons. The molecule has 0 amide bonds. The van der Waals surface area contributed by atoms with Crippen LogP contribution in [0, 0.1) is 0 Å². The molecule has 0 spiro atoms. The molecular formula is C28H20N2. The Morgan fingerprint density at radius 2 is 1.20 bits per heavy atom. The van der Waals surface area contributed by atoms with Gasteiger partial charge in [0, 0.05) is 22.1 Å². The smallest absolute Gasteiger partial charge is 0.0776 e. The van der Waals surface area contributed by atoms with Crippen LogP contribution in [0.3, 0.4) is 0 Å². The molecule has 0 aliphatic heterocycles. The van der Waals surface area contributed by atoms with Gasteiger partial charge in [0.15, 0.2) is 0 Å². The van der Waals surface area contributed by atoms with E-state index in [0.29, 0.717) is 0 Å². The van der Waals surface area contributed by atoms with Crippen LogP contribution >= 0.6 is 0 Å². The highest BCUT2D eigenvalue weighted by atomic mass is 15.0. The Kier molecular flexibility index (Phi) is 3.82. The van der Waals surface area contributed by atoms with Gasteiger partial charge in [-0.3, -0.25) is 0 Å². The molecule has 0 unspecified atom stereocenters. The summed E-state index contributed by atoms with van der Waals surface area (Å²) in [6, 6.07) is 40.7. The third-order valence-electron chi connectivity index (χ3n) is 5.72. The van der Waals surface area contributed by atoms with E-state index in [2.05, 4.69) is 119 Å². The second kappa shape index (κ2) is 6.78. The quantitative estimate of drug-likeness (QED) is 0.331. The fraction of sp³-hybridized carbons (Fsp3) is 0. The van der Waals surface area contributed by atoms with Crippen LogP contribution < -0.4 is 5.32 Å². The van der Waals surface area contributed by atoms with Gasteiger partial charge in [-0.15, -0.1) is 0 Å². The lowest BCUT2D eigenvalue weighted by molar-refractivity contribution is 1.18. The zero-order chi connectivity index (χ0) is 19.9. The molecule has 0 aliphatic carbocycles. The van der Waals surface area contributed by atoms with Crippen molar-refractivity contribution < 1.29 is 0 Å². The fourth-order valence-electron chi connectivity index (χ4n) is 4.37. The van der Waals surface area contributed by atoms with Crippen molar-refractivity contribution in [2.45, 2.75) is 0 Å². The fourth-order valence-corrected chi connectivity index (χ4v) is 4.37. The number of benzene rings is 5. The molecule has 1 N–H and O–H groups in total. The summed E-state index contributed by atoms with van der Waals surface area (Å²) in [5.74, 6) is 0. The van der Waals surface area contributed by atoms with Crippen LogP contribution in [0.1, 0.15) is 0 Å². The van der Waals surface area contributed by atoms with Crippen molar-refractivity contribution in [3.05, 3.63) is 115 Å². The second-order valence-electron chi connectivity index (χ2n) is 7.58. The third-order valence-corrected chi connectivity index (χ3v) is 5.72. The highest BCUT2D eigenvalue weighted by Crippen LogP contribution is 2.38. The van der Waals surface area contributed by atoms with E-state index in [4.69, 9.17) is 0 Å². The maximum atomic E-state index is 3.64. The lowest BCUT2D eigenvalue weighted by Crippen LogP contribution is -1.97. The predicted octanol–water partition coefficient (Wildman–Crippen LogP) is 7.68. The van der Waals surface area contributed by atoms with Crippen LogP contribution in [0.4, 0.5) is 11.4 Å². The average molecular weight is 384 g/mol. The van der Waals surface area contributed by atoms with Gasteiger partial charge in [0.25, 0.3) is 0 Å². The van der Waals surface area contributed by atoms with Gasteiger partial charge >= 0.3 is 0 Å². The lowest BCUT2D eigenvalue weighted by atomic mass is 10.1. The number of fused-ring (bicyclic) bond motifs is 4. The van der Waals surface area contributed by atoms with Gasteiger partial charge < -0.3 is 9.88 Å². The second-order valence-corrected chi connectivity index (χ2v) is 7.58. The van der Waals surface area contributed by atoms with Crippen molar-refractivity contribution in [2.75, 3.05) is 5.32 Å². The van der Waals surface area contributed by atoms with E-state index in [0.717, 1.165) is 17.1 Å². The first-order valence-electron chi connectivity index (χ1n) is 10.2. The molecule has 6 aromatic rings. The van der Waals surface area contributed by atoms with Crippen molar-refractivity contribution >= 4 is 44.0 Å². The van der Waals surface area contributed by atoms with E-state index in [9.17, 15) is 0 Å². The summed E-state index contributed by atoms with van der Waals surface area (Å²) in [7, 11) is 0.